The van der Waals surface area contributed by atoms with Crippen LogP contribution in [0.5, 0.6) is 0 Å². The van der Waals surface area contributed by atoms with Gasteiger partial charge in [-0.15, -0.1) is 23.8 Å². The molecule has 0 unspecified atom stereocenters. The Balaban J connectivity index is 0.00000722. The molecule has 0 saturated heterocycles. The van der Waals surface area contributed by atoms with E-state index in [1.54, 1.807) is 6.92 Å². The van der Waals surface area contributed by atoms with Crippen molar-refractivity contribution in [3.05, 3.63) is 209 Å². The van der Waals surface area contributed by atoms with Gasteiger partial charge in [-0.25, -0.2) is 4.98 Å². The van der Waals surface area contributed by atoms with Gasteiger partial charge in [-0.1, -0.05) is 146 Å². The van der Waals surface area contributed by atoms with Crippen molar-refractivity contribution < 1.29 is 33.4 Å². The molecular formula is C63H61N4Pt-3. The fraction of sp³-hybridized carbons (Fsp3) is 0.238. The Hall–Kier alpha value is -6.22. The number of nitrogens with zero attached hydrogens (tertiary/aromatic N) is 4. The van der Waals surface area contributed by atoms with E-state index in [0.717, 1.165) is 66.8 Å². The summed E-state index contributed by atoms with van der Waals surface area (Å²) in [4.78, 5) is 8.95. The third kappa shape index (κ3) is 7.89. The van der Waals surface area contributed by atoms with E-state index >= 15 is 0 Å². The van der Waals surface area contributed by atoms with Gasteiger partial charge in [0.05, 0.1) is 12.3 Å². The summed E-state index contributed by atoms with van der Waals surface area (Å²) in [7, 11) is 0. The zero-order valence-corrected chi connectivity index (χ0v) is 43.1. The summed E-state index contributed by atoms with van der Waals surface area (Å²) < 4.78 is 83.3. The molecule has 68 heavy (non-hydrogen) atoms. The molecule has 0 fully saturated rings. The van der Waals surface area contributed by atoms with Gasteiger partial charge >= 0.3 is 0 Å². The predicted octanol–water partition coefficient (Wildman–Crippen LogP) is 16.7. The molecule has 0 saturated carbocycles. The summed E-state index contributed by atoms with van der Waals surface area (Å²) in [6.45, 7) is 26.9. The average Bonchev–Trinajstić information content (AvgIpc) is 4.00. The van der Waals surface area contributed by atoms with Crippen LogP contribution in [0.4, 0.5) is 22.7 Å². The third-order valence-electron chi connectivity index (χ3n) is 13.8. The number of hydrogen-bond acceptors (Lipinski definition) is 3. The van der Waals surface area contributed by atoms with Crippen LogP contribution in [0.2, 0.25) is 0 Å². The van der Waals surface area contributed by atoms with Gasteiger partial charge in [0, 0.05) is 61.0 Å². The van der Waals surface area contributed by atoms with Gasteiger partial charge in [-0.05, 0) is 119 Å². The number of pyridine rings is 1. The van der Waals surface area contributed by atoms with E-state index in [1.165, 1.54) is 5.56 Å². The first kappa shape index (κ1) is 36.8. The molecule has 5 heteroatoms. The first-order valence-electron chi connectivity index (χ1n) is 27.5. The van der Waals surface area contributed by atoms with Crippen LogP contribution < -0.4 is 9.80 Å². The minimum Gasteiger partial charge on any atom is -0.493 e. The standard InChI is InChI=1S/C63H61N4.Pt/c1-40-22-16-17-25-50(40)59-43(4)41(2)42(3)58(44-23-14-13-15-24-44)60(59)66-39-65(54-28-20-21-29-55(54)66)49-35-47(62(8,9)10)34-48(36-49)63(11,12)46-30-31-52-51-26-18-19-27-53(51)67(56(52)37-46)57-38-45(32-33-64-57)61(5,6)7;/h13-35,38-39H,1-12H3;/q-3;/i13D,14D,15D,16D,17D,22D,23D,24D,25D;. The maximum Gasteiger partial charge on any atom is 0.135 e. The van der Waals surface area contributed by atoms with Gasteiger partial charge in [-0.3, -0.25) is 0 Å². The molecule has 0 N–H and O–H groups in total. The molecule has 1 aliphatic rings. The van der Waals surface area contributed by atoms with Crippen LogP contribution >= 0.6 is 0 Å². The van der Waals surface area contributed by atoms with Crippen LogP contribution in [0.25, 0.3) is 49.9 Å². The Morgan fingerprint density at radius 3 is 1.96 bits per heavy atom. The van der Waals surface area contributed by atoms with Crippen molar-refractivity contribution in [3.63, 3.8) is 0 Å². The van der Waals surface area contributed by atoms with Crippen LogP contribution in [0.1, 0.15) is 112 Å². The van der Waals surface area contributed by atoms with E-state index in [0.29, 0.717) is 33.6 Å². The fourth-order valence-corrected chi connectivity index (χ4v) is 9.57. The quantitative estimate of drug-likeness (QED) is 0.149. The van der Waals surface area contributed by atoms with Crippen LogP contribution in [-0.4, -0.2) is 9.55 Å². The molecule has 346 valence electrons. The molecule has 10 rings (SSSR count). The number of rotatable bonds is 7. The summed E-state index contributed by atoms with van der Waals surface area (Å²) in [5.41, 5.74) is 11.1. The van der Waals surface area contributed by atoms with Gasteiger partial charge in [0.2, 0.25) is 0 Å². The normalized spacial score (nSPS) is 14.9. The second-order valence-electron chi connectivity index (χ2n) is 20.5. The third-order valence-corrected chi connectivity index (χ3v) is 13.8. The van der Waals surface area contributed by atoms with E-state index in [2.05, 4.69) is 138 Å². The summed E-state index contributed by atoms with van der Waals surface area (Å²) >= 11 is 0. The van der Waals surface area contributed by atoms with Crippen molar-refractivity contribution in [3.8, 4) is 28.1 Å². The predicted molar refractivity (Wildman–Crippen MR) is 283 cm³/mol. The minimum absolute atomic E-state index is 0. The second kappa shape index (κ2) is 17.4. The van der Waals surface area contributed by atoms with Crippen LogP contribution in [-0.2, 0) is 37.3 Å². The Morgan fingerprint density at radius 2 is 1.24 bits per heavy atom. The van der Waals surface area contributed by atoms with E-state index < -0.39 is 29.6 Å². The summed E-state index contributed by atoms with van der Waals surface area (Å²) in [5.74, 6) is 0.820. The molecule has 2 aromatic heterocycles. The van der Waals surface area contributed by atoms with Crippen molar-refractivity contribution in [2.75, 3.05) is 9.80 Å². The molecule has 9 aromatic rings. The number of benzene rings is 7. The molecule has 3 heterocycles. The molecule has 1 aliphatic heterocycles. The summed E-state index contributed by atoms with van der Waals surface area (Å²) in [6, 6.07) is 33.6. The monoisotopic (exact) mass is 1080 g/mol. The Labute approximate surface area is 431 Å². The Bertz CT molecular complexity index is 3770. The number of hydrogen-bond donors (Lipinski definition) is 0. The van der Waals surface area contributed by atoms with Crippen molar-refractivity contribution in [2.24, 2.45) is 0 Å². The van der Waals surface area contributed by atoms with E-state index in [1.807, 2.05) is 62.8 Å². The second-order valence-corrected chi connectivity index (χ2v) is 20.5. The molecule has 0 radical (unpaired) electrons. The van der Waals surface area contributed by atoms with Crippen LogP contribution in [0.3, 0.4) is 0 Å². The molecule has 0 atom stereocenters. The molecular weight excluding hydrogens is 1010 g/mol. The molecule has 0 aliphatic carbocycles. The number of aromatic nitrogens is 2. The minimum atomic E-state index is -0.661. The topological polar surface area (TPSA) is 24.3 Å². The van der Waals surface area contributed by atoms with Crippen molar-refractivity contribution in [1.29, 1.82) is 0 Å². The van der Waals surface area contributed by atoms with Gasteiger partial charge in [0.1, 0.15) is 5.82 Å². The maximum absolute atomic E-state index is 9.47. The van der Waals surface area contributed by atoms with Crippen molar-refractivity contribution in [1.82, 2.24) is 9.55 Å². The smallest absolute Gasteiger partial charge is 0.135 e. The van der Waals surface area contributed by atoms with Crippen molar-refractivity contribution in [2.45, 2.75) is 99.3 Å². The SMILES string of the molecule is [2H]c1c([2H])c([2H])c(-c2c(C)c(C)c(C)c(-c3c([2H])c([2H])c([2H])c([2H])c3C)c2N2[CH-]N(c3[c-]c(C(C)(C)c4[c-]c5c(cc4)c4ccccc4n5-c4cc(C(C)(C)C)ccn4)cc(C(C)(C)C)c3)c3ccccc32)c([2H])c1[2H].[Pt]. The van der Waals surface area contributed by atoms with Crippen molar-refractivity contribution >= 4 is 44.6 Å². The molecule has 0 bridgehead atoms. The van der Waals surface area contributed by atoms with Gasteiger partial charge in [-0.2, -0.15) is 47.0 Å². The summed E-state index contributed by atoms with van der Waals surface area (Å²) in [5, 5.41) is 2.18. The molecule has 4 nitrogen and oxygen atoms in total. The first-order valence-corrected chi connectivity index (χ1v) is 23.0. The van der Waals surface area contributed by atoms with Crippen LogP contribution in [0.15, 0.2) is 146 Å². The fourth-order valence-electron chi connectivity index (χ4n) is 9.57. The maximum atomic E-state index is 9.47. The van der Waals surface area contributed by atoms with E-state index in [9.17, 15) is 4.11 Å². The number of para-hydroxylation sites is 3. The number of anilines is 4. The largest absolute Gasteiger partial charge is 0.493 e. The first-order chi connectivity index (χ1) is 35.7. The van der Waals surface area contributed by atoms with E-state index in [4.69, 9.17) is 13.2 Å². The zero-order chi connectivity index (χ0) is 55.0. The number of fused-ring (bicyclic) bond motifs is 4. The molecule has 0 amide bonds. The molecule has 0 spiro atoms. The molecule has 7 aromatic carbocycles. The van der Waals surface area contributed by atoms with Gasteiger partial charge < -0.3 is 14.4 Å². The van der Waals surface area contributed by atoms with Gasteiger partial charge in [0.25, 0.3) is 0 Å². The Morgan fingerprint density at radius 1 is 0.588 bits per heavy atom. The Kier molecular flexibility index (Phi) is 9.40. The van der Waals surface area contributed by atoms with Crippen LogP contribution in [0, 0.1) is 46.5 Å². The average molecular weight is 1080 g/mol. The van der Waals surface area contributed by atoms with Gasteiger partial charge in [0.15, 0.2) is 0 Å². The van der Waals surface area contributed by atoms with E-state index in [-0.39, 0.29) is 73.2 Å². The summed E-state index contributed by atoms with van der Waals surface area (Å²) in [6.07, 6.45) is 1.88. The zero-order valence-electron chi connectivity index (χ0n) is 49.8.